The van der Waals surface area contributed by atoms with Crippen LogP contribution < -0.4 is 42.0 Å². The molecule has 1 aliphatic carbocycles. The van der Waals surface area contributed by atoms with Gasteiger partial charge in [-0.25, -0.2) is 4.98 Å². The summed E-state index contributed by atoms with van der Waals surface area (Å²) in [5, 5.41) is 14.0. The molecule has 456 valence electrons. The lowest BCUT2D eigenvalue weighted by Crippen LogP contribution is -2.27. The van der Waals surface area contributed by atoms with Crippen molar-refractivity contribution >= 4 is 170 Å². The first-order valence-electron chi connectivity index (χ1n) is 23.0. The van der Waals surface area contributed by atoms with E-state index in [9.17, 15) is 77.8 Å². The molecule has 2 unspecified atom stereocenters. The predicted molar refractivity (Wildman–Crippen MR) is 304 cm³/mol. The van der Waals surface area contributed by atoms with Gasteiger partial charge >= 0.3 is 10.1 Å². The molecule has 0 saturated heterocycles. The van der Waals surface area contributed by atoms with Gasteiger partial charge in [-0.2, -0.15) is 80.4 Å². The van der Waals surface area contributed by atoms with E-state index in [-0.39, 0.29) is 69.4 Å². The normalized spacial score (nSPS) is 13.9. The minimum atomic E-state index is -5.25. The average molecular weight is 1390 g/mol. The van der Waals surface area contributed by atoms with Crippen LogP contribution in [0.5, 0.6) is 11.5 Å². The molecular weight excluding hydrogens is 1350 g/mol. The molecule has 0 spiro atoms. The summed E-state index contributed by atoms with van der Waals surface area (Å²) in [4.78, 5) is 27.4. The number of hydrogen-bond acceptors (Lipinski definition) is 28. The van der Waals surface area contributed by atoms with Gasteiger partial charge in [0.05, 0.1) is 44.4 Å². The molecule has 2 aromatic heterocycles. The summed E-state index contributed by atoms with van der Waals surface area (Å²) in [5.41, 5.74) is -2.68. The quantitative estimate of drug-likeness (QED) is 0.0324. The molecule has 2 aliphatic heterocycles. The van der Waals surface area contributed by atoms with Crippen molar-refractivity contribution in [2.75, 3.05) is 45.0 Å². The number of ether oxygens (including phenoxy) is 1. The van der Waals surface area contributed by atoms with Gasteiger partial charge in [0.15, 0.2) is 32.6 Å². The minimum absolute atomic E-state index is 0.127. The molecule has 0 radical (unpaired) electrons. The van der Waals surface area contributed by atoms with E-state index in [1.165, 1.54) is 25.1 Å². The SMILES string of the molecule is CC(CN=c1ccc2nc3c(Cl)c4c(c(Cl)c3oc-2c1S(=O)(=O)O)Nc1ccc(NCC(C)Nc2nc(Cl)nc(Nc3cc(S(=O)(=O)O)ccc3S(=O)(=O)O)n2)c(S(=O)(=O)O)c1O4)Nc1nc(Cl)nc(Nc2cc(S(=O)(=O)O)ccc2S(=O)(=O)O)n1. The van der Waals surface area contributed by atoms with Crippen molar-refractivity contribution in [3.05, 3.63) is 86.6 Å². The number of hydrogen-bond donors (Lipinski definition) is 12. The van der Waals surface area contributed by atoms with E-state index < -0.39 is 158 Å². The fourth-order valence-corrected chi connectivity index (χ4v) is 12.6. The molecule has 12 N–H and O–H groups in total. The summed E-state index contributed by atoms with van der Waals surface area (Å²) in [6, 6.07) is 7.42. The lowest BCUT2D eigenvalue weighted by atomic mass is 10.1. The van der Waals surface area contributed by atoms with Gasteiger partial charge in [-0.05, 0) is 97.7 Å². The molecule has 0 amide bonds. The number of anilines is 9. The van der Waals surface area contributed by atoms with E-state index in [0.29, 0.717) is 36.4 Å². The van der Waals surface area contributed by atoms with Crippen molar-refractivity contribution < 1.29 is 87.0 Å². The van der Waals surface area contributed by atoms with Crippen molar-refractivity contribution in [2.24, 2.45) is 4.99 Å². The number of fused-ring (bicyclic) bond motifs is 4. The topological polar surface area (TPSA) is 523 Å². The second-order valence-electron chi connectivity index (χ2n) is 17.8. The Kier molecular flexibility index (Phi) is 17.0. The monoisotopic (exact) mass is 1390 g/mol. The van der Waals surface area contributed by atoms with E-state index >= 15 is 0 Å². The Morgan fingerprint density at radius 2 is 1.06 bits per heavy atom. The van der Waals surface area contributed by atoms with Crippen LogP contribution in [0.15, 0.2) is 99.4 Å². The Labute approximate surface area is 503 Å². The maximum Gasteiger partial charge on any atom is 0.300 e. The highest BCUT2D eigenvalue weighted by Gasteiger charge is 2.35. The highest BCUT2D eigenvalue weighted by Crippen LogP contribution is 2.55. The molecule has 0 saturated carbocycles. The molecule has 34 nitrogen and oxygen atoms in total. The van der Waals surface area contributed by atoms with Gasteiger partial charge in [0, 0.05) is 18.6 Å². The molecule has 2 atom stereocenters. The first-order chi connectivity index (χ1) is 39.8. The van der Waals surface area contributed by atoms with Gasteiger partial charge in [0.1, 0.15) is 36.7 Å². The maximum absolute atomic E-state index is 13.1. The number of rotatable bonds is 19. The minimum Gasteiger partial charge on any atom is -0.450 e. The Bertz CT molecular complexity index is 4940. The third-order valence-electron chi connectivity index (χ3n) is 11.5. The van der Waals surface area contributed by atoms with Crippen LogP contribution in [0.25, 0.3) is 22.6 Å². The number of nitrogens with one attached hydrogen (secondary N) is 6. The fourth-order valence-electron chi connectivity index (χ4n) is 7.96. The zero-order chi connectivity index (χ0) is 63.0. The van der Waals surface area contributed by atoms with Crippen LogP contribution in [0.4, 0.5) is 52.2 Å². The second kappa shape index (κ2) is 23.1. The van der Waals surface area contributed by atoms with Gasteiger partial charge in [0.25, 0.3) is 50.6 Å². The average Bonchev–Trinajstić information content (AvgIpc) is 0.740. The van der Waals surface area contributed by atoms with Gasteiger partial charge in [-0.3, -0.25) is 32.3 Å². The van der Waals surface area contributed by atoms with Crippen molar-refractivity contribution in [3.63, 3.8) is 0 Å². The van der Waals surface area contributed by atoms with Crippen LogP contribution in [0.2, 0.25) is 20.6 Å². The van der Waals surface area contributed by atoms with E-state index in [1.807, 2.05) is 0 Å². The molecule has 0 bridgehead atoms. The third-order valence-corrected chi connectivity index (χ3v) is 17.9. The molecule has 3 aliphatic rings. The van der Waals surface area contributed by atoms with Gasteiger partial charge < -0.3 is 41.1 Å². The molecule has 4 aromatic carbocycles. The smallest absolute Gasteiger partial charge is 0.300 e. The lowest BCUT2D eigenvalue weighted by molar-refractivity contribution is 0.449. The molecular formula is C42H34Cl4N14O20S6. The second-order valence-corrected chi connectivity index (χ2v) is 27.5. The van der Waals surface area contributed by atoms with Crippen LogP contribution in [-0.4, -0.2) is 138 Å². The lowest BCUT2D eigenvalue weighted by Gasteiger charge is -2.27. The van der Waals surface area contributed by atoms with Crippen molar-refractivity contribution in [1.29, 1.82) is 0 Å². The van der Waals surface area contributed by atoms with Crippen molar-refractivity contribution in [2.45, 2.75) is 55.3 Å². The van der Waals surface area contributed by atoms with Crippen LogP contribution in [-0.2, 0) is 60.7 Å². The van der Waals surface area contributed by atoms with Crippen molar-refractivity contribution in [1.82, 2.24) is 34.9 Å². The van der Waals surface area contributed by atoms with E-state index in [1.54, 1.807) is 6.92 Å². The molecule has 9 rings (SSSR count). The van der Waals surface area contributed by atoms with Crippen LogP contribution in [0, 0.1) is 0 Å². The van der Waals surface area contributed by atoms with Crippen molar-refractivity contribution in [3.8, 4) is 23.0 Å². The number of benzene rings is 5. The zero-order valence-electron chi connectivity index (χ0n) is 42.3. The Morgan fingerprint density at radius 1 is 0.547 bits per heavy atom. The number of halogens is 4. The highest BCUT2D eigenvalue weighted by atomic mass is 35.5. The summed E-state index contributed by atoms with van der Waals surface area (Å²) in [5.74, 6) is -3.02. The Morgan fingerprint density at radius 3 is 1.56 bits per heavy atom. The standard InChI is InChI=1S/C42H34Cl4N14O20S6/c1-15(49-39-55-37(45)57-41(59-39)53-23-11-17(81(61,62)63)3-9-25(23)83(67,68)69)13-47-21-7-5-19-31(35(21)85(73,74)75)79-33-27(43)30-34(28(44)29(33)51-19)80-32-20(52-30)6-8-22(36(32)86(76,77)78)48-14-16(2)50-40-56-38(46)58-42(60-40)54-24-12-18(82(64,65)66)4-10-26(24)84(70,71)72/h3-12,15-16,47,51H,13-14H2,1-2H3,(H,61,62,63)(H,64,65,66)(H,67,68,69)(H,70,71,72)(H,73,74,75)(H,76,77,78)(H2,49,53,55,57,59)(H2,50,54,56,58,60). The van der Waals surface area contributed by atoms with Crippen LogP contribution >= 0.6 is 46.4 Å². The largest absolute Gasteiger partial charge is 0.450 e. The van der Waals surface area contributed by atoms with E-state index in [4.69, 9.17) is 55.6 Å². The Balaban J connectivity index is 0.964. The van der Waals surface area contributed by atoms with Gasteiger partial charge in [0.2, 0.25) is 34.4 Å². The number of aromatic nitrogens is 7. The van der Waals surface area contributed by atoms with Gasteiger partial charge in [-0.1, -0.05) is 23.2 Å². The third kappa shape index (κ3) is 13.8. The molecule has 4 heterocycles. The predicted octanol–water partition coefficient (Wildman–Crippen LogP) is 6.05. The molecule has 0 fully saturated rings. The first-order valence-corrected chi connectivity index (χ1v) is 33.2. The van der Waals surface area contributed by atoms with E-state index in [2.05, 4.69) is 71.8 Å². The zero-order valence-corrected chi connectivity index (χ0v) is 50.2. The molecule has 86 heavy (non-hydrogen) atoms. The number of nitrogens with zero attached hydrogens (tertiary/aromatic N) is 8. The highest BCUT2D eigenvalue weighted by molar-refractivity contribution is 7.87. The summed E-state index contributed by atoms with van der Waals surface area (Å²) in [6.07, 6.45) is 0. The first kappa shape index (κ1) is 63.2. The summed E-state index contributed by atoms with van der Waals surface area (Å²) >= 11 is 25.9. The molecule has 6 aromatic rings. The summed E-state index contributed by atoms with van der Waals surface area (Å²) < 4.78 is 220. The van der Waals surface area contributed by atoms with E-state index in [0.717, 1.165) is 6.07 Å². The fraction of sp³-hybridized carbons (Fsp3) is 0.143. The van der Waals surface area contributed by atoms with Gasteiger partial charge in [-0.15, -0.1) is 0 Å². The summed E-state index contributed by atoms with van der Waals surface area (Å²) in [6.45, 7) is 2.53. The van der Waals surface area contributed by atoms with Crippen LogP contribution in [0.1, 0.15) is 13.8 Å². The summed E-state index contributed by atoms with van der Waals surface area (Å²) in [7, 11) is -30.2. The molecule has 44 heteroatoms. The Hall–Kier alpha value is -7.26. The van der Waals surface area contributed by atoms with Crippen LogP contribution in [0.3, 0.4) is 0 Å². The maximum atomic E-state index is 13.1.